The summed E-state index contributed by atoms with van der Waals surface area (Å²) in [6.45, 7) is 2.11. The van der Waals surface area contributed by atoms with Gasteiger partial charge >= 0.3 is 6.03 Å². The summed E-state index contributed by atoms with van der Waals surface area (Å²) in [6.07, 6.45) is 1.64. The molecule has 6 heteroatoms. The van der Waals surface area contributed by atoms with E-state index in [9.17, 15) is 14.4 Å². The summed E-state index contributed by atoms with van der Waals surface area (Å²) >= 11 is 0. The second-order valence-electron chi connectivity index (χ2n) is 9.21. The molecule has 2 aliphatic rings. The highest BCUT2D eigenvalue weighted by atomic mass is 16.2. The Bertz CT molecular complexity index is 1260. The summed E-state index contributed by atoms with van der Waals surface area (Å²) in [4.78, 5) is 43.1. The van der Waals surface area contributed by atoms with Crippen molar-refractivity contribution in [3.63, 3.8) is 0 Å². The molecule has 2 heterocycles. The number of amides is 4. The van der Waals surface area contributed by atoms with Gasteiger partial charge in [0.25, 0.3) is 0 Å². The molecule has 0 aliphatic carbocycles. The molecular weight excluding hydrogens is 414 g/mol. The predicted octanol–water partition coefficient (Wildman–Crippen LogP) is 3.92. The van der Waals surface area contributed by atoms with Crippen molar-refractivity contribution in [3.05, 3.63) is 77.9 Å². The van der Waals surface area contributed by atoms with Crippen LogP contribution in [0.15, 0.2) is 66.7 Å². The van der Waals surface area contributed by atoms with Crippen LogP contribution in [0.3, 0.4) is 0 Å². The zero-order valence-corrected chi connectivity index (χ0v) is 18.9. The molecule has 2 atom stereocenters. The van der Waals surface area contributed by atoms with Gasteiger partial charge in [-0.2, -0.15) is 0 Å². The van der Waals surface area contributed by atoms with E-state index in [-0.39, 0.29) is 19.0 Å². The number of nitrogens with one attached hydrogen (secondary N) is 1. The topological polar surface area (TPSA) is 69.7 Å². The summed E-state index contributed by atoms with van der Waals surface area (Å²) in [7, 11) is 1.90. The van der Waals surface area contributed by atoms with E-state index < -0.39 is 23.3 Å². The number of urea groups is 1. The van der Waals surface area contributed by atoms with Gasteiger partial charge in [-0.25, -0.2) is 4.79 Å². The first kappa shape index (κ1) is 21.2. The van der Waals surface area contributed by atoms with E-state index in [1.165, 1.54) is 4.90 Å². The second kappa shape index (κ2) is 8.03. The molecule has 3 aromatic rings. The first-order valence-corrected chi connectivity index (χ1v) is 11.4. The lowest BCUT2D eigenvalue weighted by Gasteiger charge is -2.46. The number of hydrogen-bond donors (Lipinski definition) is 1. The number of anilines is 1. The number of aryl methyl sites for hydroxylation is 1. The van der Waals surface area contributed by atoms with E-state index in [0.29, 0.717) is 6.42 Å². The van der Waals surface area contributed by atoms with E-state index in [0.717, 1.165) is 34.0 Å². The van der Waals surface area contributed by atoms with Crippen molar-refractivity contribution in [2.24, 2.45) is 5.41 Å². The molecule has 0 unspecified atom stereocenters. The van der Waals surface area contributed by atoms with Crippen LogP contribution < -0.4 is 10.2 Å². The van der Waals surface area contributed by atoms with Crippen LogP contribution >= 0.6 is 0 Å². The van der Waals surface area contributed by atoms with Gasteiger partial charge < -0.3 is 4.90 Å². The maximum Gasteiger partial charge on any atom is 0.331 e. The molecule has 4 amide bonds. The minimum Gasteiger partial charge on any atom is -0.373 e. The summed E-state index contributed by atoms with van der Waals surface area (Å²) in [5, 5.41) is 4.59. The van der Waals surface area contributed by atoms with Gasteiger partial charge in [0.05, 0.1) is 0 Å². The second-order valence-corrected chi connectivity index (χ2v) is 9.21. The van der Waals surface area contributed by atoms with E-state index in [2.05, 4.69) is 11.4 Å². The van der Waals surface area contributed by atoms with Gasteiger partial charge in [-0.3, -0.25) is 19.8 Å². The third-order valence-electron chi connectivity index (χ3n) is 7.05. The quantitative estimate of drug-likeness (QED) is 0.623. The number of rotatable bonds is 4. The van der Waals surface area contributed by atoms with Crippen LogP contribution in [0, 0.1) is 5.41 Å². The molecule has 1 fully saturated rings. The fourth-order valence-corrected chi connectivity index (χ4v) is 5.26. The molecule has 6 nitrogen and oxygen atoms in total. The Morgan fingerprint density at radius 2 is 1.70 bits per heavy atom. The number of nitrogens with zero attached hydrogens (tertiary/aromatic N) is 2. The fraction of sp³-hybridized carbons (Fsp3) is 0.296. The standard InChI is InChI=1S/C27H27N3O3/c1-18(12-13-19-8-4-3-5-9-19)30-25(32)27(24(31)28-26(30)33)16-22-21-11-7-6-10-20(21)14-15-23(22)29(2)17-27/h3-11,14-15,18H,12-13,16-17H2,1-2H3,(H,28,31,33)/t18-,27-/m0/s1. The van der Waals surface area contributed by atoms with Crippen molar-refractivity contribution in [2.45, 2.75) is 32.2 Å². The lowest BCUT2D eigenvalue weighted by molar-refractivity contribution is -0.152. The first-order chi connectivity index (χ1) is 15.9. The molecule has 1 N–H and O–H groups in total. The number of fused-ring (bicyclic) bond motifs is 3. The predicted molar refractivity (Wildman–Crippen MR) is 128 cm³/mol. The van der Waals surface area contributed by atoms with Crippen LogP contribution in [0.5, 0.6) is 0 Å². The average Bonchev–Trinajstić information content (AvgIpc) is 2.82. The van der Waals surface area contributed by atoms with Gasteiger partial charge in [-0.05, 0) is 47.7 Å². The molecule has 0 bridgehead atoms. The minimum atomic E-state index is -1.33. The molecular formula is C27H27N3O3. The number of carbonyl (C=O) groups is 3. The van der Waals surface area contributed by atoms with Crippen molar-refractivity contribution in [1.29, 1.82) is 0 Å². The van der Waals surface area contributed by atoms with Crippen LogP contribution in [0.1, 0.15) is 24.5 Å². The SMILES string of the molecule is C[C@@H](CCc1ccccc1)N1C(=O)NC(=O)[C@@]2(Cc3c(ccc4ccccc34)N(C)C2)C1=O. The van der Waals surface area contributed by atoms with Crippen molar-refractivity contribution < 1.29 is 14.4 Å². The van der Waals surface area contributed by atoms with E-state index in [1.54, 1.807) is 0 Å². The van der Waals surface area contributed by atoms with Gasteiger partial charge in [-0.15, -0.1) is 0 Å². The van der Waals surface area contributed by atoms with Gasteiger partial charge in [-0.1, -0.05) is 60.7 Å². The zero-order chi connectivity index (χ0) is 23.2. The summed E-state index contributed by atoms with van der Waals surface area (Å²) in [5.41, 5.74) is 1.80. The molecule has 2 aliphatic heterocycles. The molecule has 0 aromatic heterocycles. The summed E-state index contributed by atoms with van der Waals surface area (Å²) in [6, 6.07) is 21.1. The van der Waals surface area contributed by atoms with E-state index in [4.69, 9.17) is 0 Å². The molecule has 0 radical (unpaired) electrons. The Kier molecular flexibility index (Phi) is 5.16. The number of imide groups is 2. The van der Waals surface area contributed by atoms with Crippen LogP contribution in [-0.2, 0) is 22.4 Å². The molecule has 1 saturated heterocycles. The van der Waals surface area contributed by atoms with Crippen LogP contribution in [0.2, 0.25) is 0 Å². The van der Waals surface area contributed by atoms with Crippen LogP contribution in [0.4, 0.5) is 10.5 Å². The Morgan fingerprint density at radius 1 is 0.970 bits per heavy atom. The van der Waals surface area contributed by atoms with Crippen molar-refractivity contribution >= 4 is 34.3 Å². The van der Waals surface area contributed by atoms with Gasteiger partial charge in [0.2, 0.25) is 11.8 Å². The monoisotopic (exact) mass is 441 g/mol. The van der Waals surface area contributed by atoms with Gasteiger partial charge in [0, 0.05) is 31.7 Å². The molecule has 3 aromatic carbocycles. The number of benzene rings is 3. The van der Waals surface area contributed by atoms with E-state index in [1.807, 2.05) is 79.5 Å². The number of hydrogen-bond acceptors (Lipinski definition) is 4. The lowest BCUT2D eigenvalue weighted by Crippen LogP contribution is -2.69. The fourth-order valence-electron chi connectivity index (χ4n) is 5.26. The molecule has 33 heavy (non-hydrogen) atoms. The Balaban J connectivity index is 1.49. The summed E-state index contributed by atoms with van der Waals surface area (Å²) in [5.74, 6) is -0.906. The van der Waals surface area contributed by atoms with Crippen LogP contribution in [0.25, 0.3) is 10.8 Å². The molecule has 168 valence electrons. The smallest absolute Gasteiger partial charge is 0.331 e. The molecule has 0 saturated carbocycles. The maximum atomic E-state index is 13.9. The van der Waals surface area contributed by atoms with Crippen LogP contribution in [-0.4, -0.2) is 42.4 Å². The van der Waals surface area contributed by atoms with Gasteiger partial charge in [0.15, 0.2) is 0 Å². The van der Waals surface area contributed by atoms with Crippen molar-refractivity contribution in [1.82, 2.24) is 10.2 Å². The largest absolute Gasteiger partial charge is 0.373 e. The zero-order valence-electron chi connectivity index (χ0n) is 18.9. The normalized spacial score (nSPS) is 21.3. The number of carbonyl (C=O) groups excluding carboxylic acids is 3. The van der Waals surface area contributed by atoms with Gasteiger partial charge in [0.1, 0.15) is 5.41 Å². The minimum absolute atomic E-state index is 0.234. The summed E-state index contributed by atoms with van der Waals surface area (Å²) < 4.78 is 0. The van der Waals surface area contributed by atoms with Crippen molar-refractivity contribution in [2.75, 3.05) is 18.5 Å². The Labute approximate surface area is 193 Å². The highest BCUT2D eigenvalue weighted by molar-refractivity contribution is 6.20. The molecule has 5 rings (SSSR count). The third kappa shape index (κ3) is 3.46. The first-order valence-electron chi connectivity index (χ1n) is 11.4. The average molecular weight is 442 g/mol. The highest BCUT2D eigenvalue weighted by Crippen LogP contribution is 2.42. The van der Waals surface area contributed by atoms with Crippen molar-refractivity contribution in [3.8, 4) is 0 Å². The highest BCUT2D eigenvalue weighted by Gasteiger charge is 2.57. The number of barbiturate groups is 1. The Hall–Kier alpha value is -3.67. The lowest BCUT2D eigenvalue weighted by atomic mass is 9.73. The maximum absolute atomic E-state index is 13.9. The van der Waals surface area contributed by atoms with E-state index >= 15 is 0 Å². The molecule has 1 spiro atoms. The Morgan fingerprint density at radius 3 is 2.48 bits per heavy atom. The third-order valence-corrected chi connectivity index (χ3v) is 7.05.